The Bertz CT molecular complexity index is 1410. The summed E-state index contributed by atoms with van der Waals surface area (Å²) in [5.41, 5.74) is 0.849. The van der Waals surface area contributed by atoms with Gasteiger partial charge < -0.3 is 9.30 Å². The Morgan fingerprint density at radius 1 is 0.968 bits per heavy atom. The van der Waals surface area contributed by atoms with Crippen molar-refractivity contribution in [2.24, 2.45) is 0 Å². The number of aromatic nitrogens is 1. The second-order valence-electron chi connectivity index (χ2n) is 6.97. The molecule has 0 saturated heterocycles. The molecule has 4 rings (SSSR count). The van der Waals surface area contributed by atoms with Crippen LogP contribution in [-0.2, 0) is 16.4 Å². The van der Waals surface area contributed by atoms with Gasteiger partial charge in [0.15, 0.2) is 0 Å². The van der Waals surface area contributed by atoms with E-state index in [1.165, 1.54) is 18.3 Å². The largest absolute Gasteiger partial charge is 0.494 e. The summed E-state index contributed by atoms with van der Waals surface area (Å²) < 4.78 is 33.9. The second-order valence-corrected chi connectivity index (χ2v) is 9.30. The summed E-state index contributed by atoms with van der Waals surface area (Å²) in [6.07, 6.45) is 1.40. The first-order chi connectivity index (χ1) is 14.9. The fourth-order valence-electron chi connectivity index (χ4n) is 3.47. The molecule has 0 unspecified atom stereocenters. The third-order valence-electron chi connectivity index (χ3n) is 4.97. The van der Waals surface area contributed by atoms with Crippen LogP contribution >= 0.6 is 11.6 Å². The fraction of sp³-hybridized carbons (Fsp3) is 0.125. The van der Waals surface area contributed by atoms with E-state index < -0.39 is 15.3 Å². The van der Waals surface area contributed by atoms with Gasteiger partial charge in [-0.05, 0) is 48.9 Å². The van der Waals surface area contributed by atoms with E-state index in [1.54, 1.807) is 47.0 Å². The molecule has 0 saturated carbocycles. The lowest BCUT2D eigenvalue weighted by atomic mass is 10.1. The van der Waals surface area contributed by atoms with Crippen molar-refractivity contribution in [1.82, 2.24) is 4.57 Å². The Hall–Kier alpha value is -3.09. The molecule has 0 N–H and O–H groups in total. The molecular formula is C24H20ClNO4S. The van der Waals surface area contributed by atoms with E-state index in [2.05, 4.69) is 0 Å². The summed E-state index contributed by atoms with van der Waals surface area (Å²) in [5.74, 6) is 0.505. The highest BCUT2D eigenvalue weighted by atomic mass is 35.5. The van der Waals surface area contributed by atoms with E-state index in [1.807, 2.05) is 25.1 Å². The van der Waals surface area contributed by atoms with Crippen molar-refractivity contribution in [2.45, 2.75) is 23.3 Å². The minimum atomic E-state index is -4.02. The maximum Gasteiger partial charge on any atom is 0.211 e. The number of ether oxygens (including phenoxy) is 1. The number of nitrogens with zero attached hydrogens (tertiary/aromatic N) is 1. The predicted molar refractivity (Wildman–Crippen MR) is 122 cm³/mol. The SMILES string of the molecule is CCOc1ccc2c(c1)c(=O)c(S(=O)(=O)c1ccccc1)cn2Cc1ccccc1Cl. The second kappa shape index (κ2) is 8.57. The van der Waals surface area contributed by atoms with Crippen LogP contribution in [0.1, 0.15) is 12.5 Å². The normalized spacial score (nSPS) is 11.5. The van der Waals surface area contributed by atoms with Gasteiger partial charge in [-0.25, -0.2) is 8.42 Å². The minimum Gasteiger partial charge on any atom is -0.494 e. The lowest BCUT2D eigenvalue weighted by Crippen LogP contribution is -2.20. The number of hydrogen-bond donors (Lipinski definition) is 0. The standard InChI is InChI=1S/C24H20ClNO4S/c1-2-30-18-12-13-22-20(14-18)24(27)23(31(28,29)19-9-4-3-5-10-19)16-26(22)15-17-8-6-7-11-21(17)25/h3-14,16H,2,15H2,1H3. The predicted octanol–water partition coefficient (Wildman–Crippen LogP) is 4.93. The molecule has 0 aliphatic heterocycles. The fourth-order valence-corrected chi connectivity index (χ4v) is 5.05. The Kier molecular flexibility index (Phi) is 5.85. The van der Waals surface area contributed by atoms with E-state index in [0.717, 1.165) is 5.56 Å². The van der Waals surface area contributed by atoms with E-state index in [4.69, 9.17) is 16.3 Å². The molecule has 0 spiro atoms. The molecule has 1 aromatic heterocycles. The lowest BCUT2D eigenvalue weighted by molar-refractivity contribution is 0.340. The number of rotatable bonds is 6. The van der Waals surface area contributed by atoms with Crippen LogP contribution in [0.2, 0.25) is 5.02 Å². The Labute approximate surface area is 185 Å². The van der Waals surface area contributed by atoms with Gasteiger partial charge in [0.2, 0.25) is 15.3 Å². The maximum absolute atomic E-state index is 13.3. The monoisotopic (exact) mass is 453 g/mol. The highest BCUT2D eigenvalue weighted by Gasteiger charge is 2.24. The molecule has 3 aromatic carbocycles. The first kappa shape index (κ1) is 21.2. The molecule has 31 heavy (non-hydrogen) atoms. The van der Waals surface area contributed by atoms with Crippen molar-refractivity contribution in [3.8, 4) is 5.75 Å². The van der Waals surface area contributed by atoms with Crippen molar-refractivity contribution >= 4 is 32.3 Å². The Morgan fingerprint density at radius 2 is 1.68 bits per heavy atom. The summed E-state index contributed by atoms with van der Waals surface area (Å²) in [6, 6.07) is 20.4. The molecule has 0 aliphatic carbocycles. The van der Waals surface area contributed by atoms with Gasteiger partial charge in [0.25, 0.3) is 0 Å². The van der Waals surface area contributed by atoms with Crippen molar-refractivity contribution in [3.63, 3.8) is 0 Å². The number of halogens is 1. The van der Waals surface area contributed by atoms with Gasteiger partial charge in [0, 0.05) is 17.8 Å². The van der Waals surface area contributed by atoms with Crippen LogP contribution in [0.5, 0.6) is 5.75 Å². The zero-order valence-electron chi connectivity index (χ0n) is 16.8. The smallest absolute Gasteiger partial charge is 0.211 e. The zero-order chi connectivity index (χ0) is 22.0. The highest BCUT2D eigenvalue weighted by Crippen LogP contribution is 2.25. The lowest BCUT2D eigenvalue weighted by Gasteiger charge is -2.15. The highest BCUT2D eigenvalue weighted by molar-refractivity contribution is 7.91. The summed E-state index contributed by atoms with van der Waals surface area (Å²) >= 11 is 6.34. The van der Waals surface area contributed by atoms with Gasteiger partial charge in [-0.1, -0.05) is 48.0 Å². The average molecular weight is 454 g/mol. The molecule has 0 bridgehead atoms. The Balaban J connectivity index is 1.99. The first-order valence-electron chi connectivity index (χ1n) is 9.75. The van der Waals surface area contributed by atoms with Gasteiger partial charge in [0.05, 0.1) is 22.4 Å². The topological polar surface area (TPSA) is 65.4 Å². The molecule has 0 amide bonds. The number of fused-ring (bicyclic) bond motifs is 1. The number of hydrogen-bond acceptors (Lipinski definition) is 4. The molecule has 158 valence electrons. The van der Waals surface area contributed by atoms with Crippen molar-refractivity contribution < 1.29 is 13.2 Å². The average Bonchev–Trinajstić information content (AvgIpc) is 2.78. The molecule has 1 heterocycles. The van der Waals surface area contributed by atoms with E-state index >= 15 is 0 Å². The summed E-state index contributed by atoms with van der Waals surface area (Å²) in [7, 11) is -4.02. The van der Waals surface area contributed by atoms with Gasteiger partial charge in [-0.2, -0.15) is 0 Å². The van der Waals surface area contributed by atoms with E-state index in [0.29, 0.717) is 29.4 Å². The van der Waals surface area contributed by atoms with Crippen LogP contribution in [0, 0.1) is 0 Å². The van der Waals surface area contributed by atoms with E-state index in [9.17, 15) is 13.2 Å². The Morgan fingerprint density at radius 3 is 2.39 bits per heavy atom. The van der Waals surface area contributed by atoms with Gasteiger partial charge in [0.1, 0.15) is 10.6 Å². The van der Waals surface area contributed by atoms with Crippen LogP contribution in [-0.4, -0.2) is 19.6 Å². The number of sulfone groups is 1. The molecule has 0 radical (unpaired) electrons. The van der Waals surface area contributed by atoms with E-state index in [-0.39, 0.29) is 15.2 Å². The van der Waals surface area contributed by atoms with Gasteiger partial charge >= 0.3 is 0 Å². The van der Waals surface area contributed by atoms with Crippen LogP contribution in [0.4, 0.5) is 0 Å². The zero-order valence-corrected chi connectivity index (χ0v) is 18.4. The van der Waals surface area contributed by atoms with Crippen molar-refractivity contribution in [2.75, 3.05) is 6.61 Å². The maximum atomic E-state index is 13.3. The third-order valence-corrected chi connectivity index (χ3v) is 7.10. The number of benzene rings is 3. The summed E-state index contributed by atoms with van der Waals surface area (Å²) in [4.78, 5) is 13.1. The van der Waals surface area contributed by atoms with Crippen LogP contribution in [0.25, 0.3) is 10.9 Å². The molecule has 0 atom stereocenters. The van der Waals surface area contributed by atoms with Crippen LogP contribution in [0.3, 0.4) is 0 Å². The molecule has 0 fully saturated rings. The van der Waals surface area contributed by atoms with Crippen molar-refractivity contribution in [1.29, 1.82) is 0 Å². The molecule has 4 aromatic rings. The van der Waals surface area contributed by atoms with Crippen molar-refractivity contribution in [3.05, 3.63) is 99.8 Å². The van der Waals surface area contributed by atoms with Gasteiger partial charge in [-0.15, -0.1) is 0 Å². The molecule has 0 aliphatic rings. The third kappa shape index (κ3) is 4.09. The quantitative estimate of drug-likeness (QED) is 0.415. The number of pyridine rings is 1. The van der Waals surface area contributed by atoms with Crippen LogP contribution in [0.15, 0.2) is 93.6 Å². The first-order valence-corrected chi connectivity index (χ1v) is 11.6. The minimum absolute atomic E-state index is 0.0664. The summed E-state index contributed by atoms with van der Waals surface area (Å²) in [5, 5.41) is 0.836. The molecular weight excluding hydrogens is 434 g/mol. The summed E-state index contributed by atoms with van der Waals surface area (Å²) in [6.45, 7) is 2.58. The van der Waals surface area contributed by atoms with Crippen LogP contribution < -0.4 is 10.2 Å². The molecule has 7 heteroatoms. The molecule has 5 nitrogen and oxygen atoms in total. The van der Waals surface area contributed by atoms with Gasteiger partial charge in [-0.3, -0.25) is 4.79 Å².